The van der Waals surface area contributed by atoms with E-state index in [1.165, 1.54) is 19.3 Å². The van der Waals surface area contributed by atoms with Crippen LogP contribution in [0.1, 0.15) is 26.2 Å². The largest absolute Gasteiger partial charge is 0.248 e. The van der Waals surface area contributed by atoms with Gasteiger partial charge in [0.25, 0.3) is 0 Å². The maximum absolute atomic E-state index is 3.93. The maximum Gasteiger partial charge on any atom is 0.113 e. The number of aromatic nitrogens is 3. The van der Waals surface area contributed by atoms with Gasteiger partial charge in [0.05, 0.1) is 13.6 Å². The van der Waals surface area contributed by atoms with Crippen molar-refractivity contribution < 1.29 is 0 Å². The SMILES string of the molecule is CC1CCCC[Si]1(C)C.Cn1nnc2ccccc21. The molecule has 1 saturated heterocycles. The summed E-state index contributed by atoms with van der Waals surface area (Å²) in [7, 11) is 1.19. The van der Waals surface area contributed by atoms with E-state index in [1.54, 1.807) is 10.7 Å². The Hall–Kier alpha value is -1.16. The monoisotopic (exact) mass is 275 g/mol. The third-order valence-corrected chi connectivity index (χ3v) is 9.16. The molecule has 1 aromatic heterocycles. The van der Waals surface area contributed by atoms with Crippen LogP contribution in [0.3, 0.4) is 0 Å². The number of para-hydroxylation sites is 1. The Morgan fingerprint density at radius 1 is 1.21 bits per heavy atom. The second kappa shape index (κ2) is 5.86. The lowest BCUT2D eigenvalue weighted by atomic mass is 10.2. The number of benzene rings is 1. The van der Waals surface area contributed by atoms with Gasteiger partial charge in [0.15, 0.2) is 0 Å². The zero-order valence-corrected chi connectivity index (χ0v) is 13.6. The molecular formula is C15H25N3Si. The van der Waals surface area contributed by atoms with Crippen molar-refractivity contribution in [3.8, 4) is 0 Å². The smallest absolute Gasteiger partial charge is 0.113 e. The van der Waals surface area contributed by atoms with Crippen molar-refractivity contribution in [2.75, 3.05) is 0 Å². The van der Waals surface area contributed by atoms with Gasteiger partial charge in [0.2, 0.25) is 0 Å². The molecule has 0 N–H and O–H groups in total. The van der Waals surface area contributed by atoms with Gasteiger partial charge in [-0.3, -0.25) is 0 Å². The predicted molar refractivity (Wildman–Crippen MR) is 84.1 cm³/mol. The summed E-state index contributed by atoms with van der Waals surface area (Å²) in [5.74, 6) is 0. The molecule has 0 bridgehead atoms. The molecule has 3 nitrogen and oxygen atoms in total. The van der Waals surface area contributed by atoms with E-state index in [1.807, 2.05) is 31.3 Å². The van der Waals surface area contributed by atoms with E-state index >= 15 is 0 Å². The summed E-state index contributed by atoms with van der Waals surface area (Å²) < 4.78 is 1.76. The van der Waals surface area contributed by atoms with Crippen LogP contribution in [0.15, 0.2) is 24.3 Å². The van der Waals surface area contributed by atoms with Crippen LogP contribution in [-0.4, -0.2) is 23.1 Å². The fourth-order valence-electron chi connectivity index (χ4n) is 2.65. The van der Waals surface area contributed by atoms with Gasteiger partial charge in [-0.25, -0.2) is 4.68 Å². The van der Waals surface area contributed by atoms with Gasteiger partial charge in [-0.15, -0.1) is 5.10 Å². The molecule has 0 spiro atoms. The molecule has 104 valence electrons. The molecule has 1 unspecified atom stereocenters. The van der Waals surface area contributed by atoms with Gasteiger partial charge in [0, 0.05) is 7.05 Å². The summed E-state index contributed by atoms with van der Waals surface area (Å²) in [6, 6.07) is 9.45. The van der Waals surface area contributed by atoms with Crippen molar-refractivity contribution in [2.45, 2.75) is 50.9 Å². The van der Waals surface area contributed by atoms with Crippen LogP contribution in [-0.2, 0) is 7.05 Å². The molecule has 19 heavy (non-hydrogen) atoms. The molecular weight excluding hydrogens is 250 g/mol. The summed E-state index contributed by atoms with van der Waals surface area (Å²) in [5.41, 5.74) is 3.11. The average molecular weight is 275 g/mol. The molecule has 0 aliphatic carbocycles. The van der Waals surface area contributed by atoms with E-state index in [0.29, 0.717) is 0 Å². The van der Waals surface area contributed by atoms with E-state index in [0.717, 1.165) is 16.6 Å². The minimum atomic E-state index is -0.694. The van der Waals surface area contributed by atoms with Gasteiger partial charge < -0.3 is 0 Å². The topological polar surface area (TPSA) is 30.7 Å². The van der Waals surface area contributed by atoms with E-state index in [-0.39, 0.29) is 0 Å². The summed E-state index contributed by atoms with van der Waals surface area (Å²) in [6.45, 7) is 7.53. The van der Waals surface area contributed by atoms with Crippen molar-refractivity contribution in [2.24, 2.45) is 7.05 Å². The highest BCUT2D eigenvalue weighted by Gasteiger charge is 2.30. The van der Waals surface area contributed by atoms with Crippen molar-refractivity contribution >= 4 is 19.1 Å². The molecule has 1 aliphatic rings. The van der Waals surface area contributed by atoms with Crippen LogP contribution in [0.25, 0.3) is 11.0 Å². The second-order valence-electron chi connectivity index (χ2n) is 6.34. The minimum Gasteiger partial charge on any atom is -0.248 e. The Balaban J connectivity index is 0.000000141. The first-order chi connectivity index (χ1) is 9.00. The van der Waals surface area contributed by atoms with Gasteiger partial charge >= 0.3 is 0 Å². The van der Waals surface area contributed by atoms with E-state index in [9.17, 15) is 0 Å². The van der Waals surface area contributed by atoms with Gasteiger partial charge in [-0.05, 0) is 17.7 Å². The van der Waals surface area contributed by atoms with Crippen LogP contribution in [0.4, 0.5) is 0 Å². The number of hydrogen-bond acceptors (Lipinski definition) is 2. The molecule has 1 aliphatic heterocycles. The van der Waals surface area contributed by atoms with Crippen molar-refractivity contribution in [3.05, 3.63) is 24.3 Å². The molecule has 0 radical (unpaired) electrons. The van der Waals surface area contributed by atoms with Crippen molar-refractivity contribution in [1.82, 2.24) is 15.0 Å². The minimum absolute atomic E-state index is 0.694. The van der Waals surface area contributed by atoms with E-state index < -0.39 is 8.07 Å². The molecule has 0 saturated carbocycles. The standard InChI is InChI=1S/C8H18Si.C7H7N3/c1-8-6-4-5-7-9(8,2)3;1-10-7-5-3-2-4-6(7)8-9-10/h8H,4-7H2,1-3H3;2-5H,1H3. The van der Waals surface area contributed by atoms with Crippen LogP contribution in [0, 0.1) is 0 Å². The summed E-state index contributed by atoms with van der Waals surface area (Å²) in [6.07, 6.45) is 4.53. The molecule has 1 atom stereocenters. The summed E-state index contributed by atoms with van der Waals surface area (Å²) in [5, 5.41) is 7.79. The number of hydrogen-bond donors (Lipinski definition) is 0. The Labute approximate surface area is 117 Å². The maximum atomic E-state index is 3.93. The first-order valence-corrected chi connectivity index (χ1v) is 10.5. The first-order valence-electron chi connectivity index (χ1n) is 7.25. The highest BCUT2D eigenvalue weighted by atomic mass is 28.3. The lowest BCUT2D eigenvalue weighted by Gasteiger charge is -2.34. The van der Waals surface area contributed by atoms with Gasteiger partial charge in [-0.1, -0.05) is 62.7 Å². The lowest BCUT2D eigenvalue weighted by molar-refractivity contribution is 0.635. The molecule has 1 fully saturated rings. The molecule has 3 rings (SSSR count). The summed E-state index contributed by atoms with van der Waals surface area (Å²) >= 11 is 0. The molecule has 1 aromatic carbocycles. The Morgan fingerprint density at radius 2 is 1.95 bits per heavy atom. The van der Waals surface area contributed by atoms with Crippen LogP contribution in [0.5, 0.6) is 0 Å². The van der Waals surface area contributed by atoms with E-state index in [2.05, 4.69) is 30.3 Å². The molecule has 0 amide bonds. The van der Waals surface area contributed by atoms with Crippen LogP contribution in [0.2, 0.25) is 24.7 Å². The van der Waals surface area contributed by atoms with Gasteiger partial charge in [-0.2, -0.15) is 0 Å². The predicted octanol–water partition coefficient (Wildman–Crippen LogP) is 4.24. The number of aryl methyl sites for hydroxylation is 1. The van der Waals surface area contributed by atoms with Gasteiger partial charge in [0.1, 0.15) is 5.52 Å². The normalized spacial score (nSPS) is 21.8. The molecule has 2 aromatic rings. The Bertz CT molecular complexity index is 533. The van der Waals surface area contributed by atoms with E-state index in [4.69, 9.17) is 0 Å². The van der Waals surface area contributed by atoms with Crippen molar-refractivity contribution in [1.29, 1.82) is 0 Å². The summed E-state index contributed by atoms with van der Waals surface area (Å²) in [4.78, 5) is 0. The fourth-order valence-corrected chi connectivity index (χ4v) is 5.29. The third kappa shape index (κ3) is 3.44. The molecule has 2 heterocycles. The van der Waals surface area contributed by atoms with Crippen LogP contribution < -0.4 is 0 Å². The average Bonchev–Trinajstić information content (AvgIpc) is 2.77. The third-order valence-electron chi connectivity index (χ3n) is 4.56. The zero-order valence-electron chi connectivity index (χ0n) is 12.6. The number of rotatable bonds is 0. The molecule has 4 heteroatoms. The van der Waals surface area contributed by atoms with Crippen molar-refractivity contribution in [3.63, 3.8) is 0 Å². The quantitative estimate of drug-likeness (QED) is 0.673. The Morgan fingerprint density at radius 3 is 2.53 bits per heavy atom. The highest BCUT2D eigenvalue weighted by Crippen LogP contribution is 2.36. The highest BCUT2D eigenvalue weighted by molar-refractivity contribution is 6.78. The second-order valence-corrected chi connectivity index (χ2v) is 11.8. The fraction of sp³-hybridized carbons (Fsp3) is 0.600. The first kappa shape index (κ1) is 14.3. The lowest BCUT2D eigenvalue weighted by Crippen LogP contribution is -2.33. The zero-order chi connectivity index (χ0) is 13.9. The number of fused-ring (bicyclic) bond motifs is 1. The Kier molecular flexibility index (Phi) is 4.40. The number of nitrogens with zero attached hydrogens (tertiary/aromatic N) is 3. The van der Waals surface area contributed by atoms with Crippen LogP contribution >= 0.6 is 0 Å².